The summed E-state index contributed by atoms with van der Waals surface area (Å²) in [6, 6.07) is 4.79. The number of nitrogens with zero attached hydrogens (tertiary/aromatic N) is 4. The maximum absolute atomic E-state index is 13.4. The number of aliphatic hydroxyl groups excluding tert-OH is 1. The van der Waals surface area contributed by atoms with Crippen LogP contribution in [0, 0.1) is 5.95 Å². The van der Waals surface area contributed by atoms with Crippen molar-refractivity contribution in [2.24, 2.45) is 5.84 Å². The van der Waals surface area contributed by atoms with Gasteiger partial charge < -0.3 is 16.6 Å². The van der Waals surface area contributed by atoms with Gasteiger partial charge in [0.15, 0.2) is 5.82 Å². The Morgan fingerprint density at radius 1 is 1.21 bits per heavy atom. The van der Waals surface area contributed by atoms with Crippen molar-refractivity contribution in [3.8, 4) is 0 Å². The van der Waals surface area contributed by atoms with Crippen molar-refractivity contribution in [2.75, 3.05) is 16.5 Å². The average Bonchev–Trinajstić information content (AvgIpc) is 2.42. The first-order valence-corrected chi connectivity index (χ1v) is 5.23. The van der Waals surface area contributed by atoms with E-state index in [4.69, 9.17) is 22.4 Å². The smallest absolute Gasteiger partial charge is 0.243 e. The molecule has 0 amide bonds. The highest BCUT2D eigenvalue weighted by atomic mass is 19.1. The van der Waals surface area contributed by atoms with Gasteiger partial charge in [0.05, 0.1) is 12.3 Å². The average molecular weight is 265 g/mol. The zero-order valence-electron chi connectivity index (χ0n) is 9.79. The molecule has 0 aromatic carbocycles. The number of hydrogen-bond acceptors (Lipinski definition) is 8. The molecular weight excluding hydrogens is 253 g/mol. The summed E-state index contributed by atoms with van der Waals surface area (Å²) in [5.41, 5.74) is 10.9. The fraction of sp³-hybridized carbons (Fsp3) is 0.100. The molecule has 7 N–H and O–H groups in total. The number of aliphatic hydroxyl groups is 1. The molecule has 0 aliphatic heterocycles. The van der Waals surface area contributed by atoms with Gasteiger partial charge in [-0.1, -0.05) is 6.07 Å². The Kier molecular flexibility index (Phi) is 3.40. The third kappa shape index (κ3) is 2.51. The van der Waals surface area contributed by atoms with Crippen LogP contribution in [0.25, 0.3) is 0 Å². The van der Waals surface area contributed by atoms with Crippen molar-refractivity contribution in [3.05, 3.63) is 29.8 Å². The van der Waals surface area contributed by atoms with Crippen molar-refractivity contribution in [2.45, 2.75) is 6.61 Å². The molecule has 0 bridgehead atoms. The lowest BCUT2D eigenvalue weighted by Crippen LogP contribution is -2.29. The van der Waals surface area contributed by atoms with Crippen LogP contribution in [-0.2, 0) is 6.61 Å². The van der Waals surface area contributed by atoms with Gasteiger partial charge in [-0.15, -0.1) is 0 Å². The van der Waals surface area contributed by atoms with E-state index in [1.807, 2.05) is 0 Å². The monoisotopic (exact) mass is 265 g/mol. The number of hydrazine groups is 1. The van der Waals surface area contributed by atoms with E-state index < -0.39 is 5.95 Å². The topological polar surface area (TPSA) is 140 Å². The number of nitrogen functional groups attached to an aromatic ring is 2. The van der Waals surface area contributed by atoms with Crippen LogP contribution in [0.4, 0.5) is 27.7 Å². The van der Waals surface area contributed by atoms with E-state index in [-0.39, 0.29) is 29.9 Å². The molecule has 100 valence electrons. The van der Waals surface area contributed by atoms with Crippen molar-refractivity contribution in [1.29, 1.82) is 0 Å². The summed E-state index contributed by atoms with van der Waals surface area (Å²) in [5, 5.41) is 9.97. The third-order valence-electron chi connectivity index (χ3n) is 2.33. The zero-order valence-corrected chi connectivity index (χ0v) is 9.79. The number of aromatic nitrogens is 3. The third-order valence-corrected chi connectivity index (χ3v) is 2.33. The van der Waals surface area contributed by atoms with Gasteiger partial charge in [0, 0.05) is 0 Å². The maximum atomic E-state index is 13.4. The minimum absolute atomic E-state index is 0.104. The lowest BCUT2D eigenvalue weighted by molar-refractivity contribution is 0.277. The Labute approximate surface area is 107 Å². The molecule has 8 nitrogen and oxygen atoms in total. The SMILES string of the molecule is Nc1nc(F)c(N)c(N(N)c2cccc(CO)n2)n1. The number of pyridine rings is 1. The van der Waals surface area contributed by atoms with E-state index in [0.717, 1.165) is 5.01 Å². The fourth-order valence-corrected chi connectivity index (χ4v) is 1.43. The minimum atomic E-state index is -0.962. The van der Waals surface area contributed by atoms with E-state index >= 15 is 0 Å². The van der Waals surface area contributed by atoms with Gasteiger partial charge in [0.2, 0.25) is 11.9 Å². The van der Waals surface area contributed by atoms with Gasteiger partial charge in [-0.25, -0.2) is 15.8 Å². The van der Waals surface area contributed by atoms with Crippen molar-refractivity contribution < 1.29 is 9.50 Å². The number of anilines is 4. The lowest BCUT2D eigenvalue weighted by atomic mass is 10.3. The van der Waals surface area contributed by atoms with Crippen molar-refractivity contribution in [3.63, 3.8) is 0 Å². The van der Waals surface area contributed by atoms with Crippen LogP contribution < -0.4 is 22.3 Å². The Balaban J connectivity index is 2.46. The molecule has 2 aromatic rings. The molecule has 0 aliphatic rings. The van der Waals surface area contributed by atoms with Gasteiger partial charge in [-0.2, -0.15) is 14.4 Å². The number of hydrogen-bond donors (Lipinski definition) is 4. The van der Waals surface area contributed by atoms with Crippen LogP contribution in [-0.4, -0.2) is 20.1 Å². The summed E-state index contributed by atoms with van der Waals surface area (Å²) in [5.74, 6) is 4.65. The Morgan fingerprint density at radius 3 is 2.63 bits per heavy atom. The predicted octanol–water partition coefficient (Wildman–Crippen LogP) is -0.321. The standard InChI is InChI=1S/C10H12FN7O/c11-8-7(12)9(17-10(13)16-8)18(14)6-3-1-2-5(4-19)15-6/h1-3,19H,4,12,14H2,(H2,13,16,17). The quantitative estimate of drug-likeness (QED) is 0.336. The molecule has 0 spiro atoms. The molecule has 0 unspecified atom stereocenters. The first-order chi connectivity index (χ1) is 9.02. The predicted molar refractivity (Wildman–Crippen MR) is 67.3 cm³/mol. The summed E-state index contributed by atoms with van der Waals surface area (Å²) in [6.45, 7) is -0.253. The van der Waals surface area contributed by atoms with Crippen LogP contribution >= 0.6 is 0 Å². The van der Waals surface area contributed by atoms with Gasteiger partial charge in [0.25, 0.3) is 0 Å². The Morgan fingerprint density at radius 2 is 1.95 bits per heavy atom. The normalized spacial score (nSPS) is 10.5. The second-order valence-electron chi connectivity index (χ2n) is 3.63. The summed E-state index contributed by atoms with van der Waals surface area (Å²) in [6.07, 6.45) is 0. The van der Waals surface area contributed by atoms with Crippen LogP contribution in [0.15, 0.2) is 18.2 Å². The molecule has 9 heteroatoms. The molecule has 0 saturated heterocycles. The second-order valence-corrected chi connectivity index (χ2v) is 3.63. The number of rotatable bonds is 3. The Bertz CT molecular complexity index is 606. The van der Waals surface area contributed by atoms with Gasteiger partial charge in [-0.05, 0) is 12.1 Å². The molecule has 2 aromatic heterocycles. The van der Waals surface area contributed by atoms with Gasteiger partial charge >= 0.3 is 0 Å². The van der Waals surface area contributed by atoms with E-state index in [0.29, 0.717) is 5.69 Å². The molecular formula is C10H12FN7O. The molecule has 0 aliphatic carbocycles. The van der Waals surface area contributed by atoms with Gasteiger partial charge in [-0.3, -0.25) is 0 Å². The van der Waals surface area contributed by atoms with Crippen LogP contribution in [0.3, 0.4) is 0 Å². The van der Waals surface area contributed by atoms with Crippen LogP contribution in [0.1, 0.15) is 5.69 Å². The highest BCUT2D eigenvalue weighted by Gasteiger charge is 2.17. The molecule has 19 heavy (non-hydrogen) atoms. The fourth-order valence-electron chi connectivity index (χ4n) is 1.43. The van der Waals surface area contributed by atoms with Gasteiger partial charge in [0.1, 0.15) is 11.5 Å². The second kappa shape index (κ2) is 5.00. The highest BCUT2D eigenvalue weighted by molar-refractivity contribution is 5.69. The van der Waals surface area contributed by atoms with E-state index in [9.17, 15) is 4.39 Å². The zero-order chi connectivity index (χ0) is 14.0. The lowest BCUT2D eigenvalue weighted by Gasteiger charge is -2.18. The van der Waals surface area contributed by atoms with E-state index in [1.54, 1.807) is 18.2 Å². The molecule has 2 heterocycles. The summed E-state index contributed by atoms with van der Waals surface area (Å²) in [7, 11) is 0. The minimum Gasteiger partial charge on any atom is -0.392 e. The maximum Gasteiger partial charge on any atom is 0.243 e. The summed E-state index contributed by atoms with van der Waals surface area (Å²) in [4.78, 5) is 11.1. The molecule has 0 fully saturated rings. The Hall–Kier alpha value is -2.52. The summed E-state index contributed by atoms with van der Waals surface area (Å²) >= 11 is 0. The number of nitrogens with two attached hydrogens (primary N) is 3. The highest BCUT2D eigenvalue weighted by Crippen LogP contribution is 2.26. The molecule has 0 atom stereocenters. The largest absolute Gasteiger partial charge is 0.392 e. The van der Waals surface area contributed by atoms with E-state index in [1.165, 1.54) is 0 Å². The van der Waals surface area contributed by atoms with Crippen LogP contribution in [0.5, 0.6) is 0 Å². The van der Waals surface area contributed by atoms with Crippen LogP contribution in [0.2, 0.25) is 0 Å². The first-order valence-electron chi connectivity index (χ1n) is 5.23. The summed E-state index contributed by atoms with van der Waals surface area (Å²) < 4.78 is 13.4. The molecule has 2 rings (SSSR count). The van der Waals surface area contributed by atoms with E-state index in [2.05, 4.69) is 15.0 Å². The van der Waals surface area contributed by atoms with Crippen molar-refractivity contribution >= 4 is 23.3 Å². The first kappa shape index (κ1) is 12.9. The molecule has 0 saturated carbocycles. The van der Waals surface area contributed by atoms with Crippen molar-refractivity contribution in [1.82, 2.24) is 15.0 Å². The number of halogens is 1. The molecule has 0 radical (unpaired) electrons.